The molecule has 1 saturated heterocycles. The number of carbonyl (C=O) groups is 2. The van der Waals surface area contributed by atoms with E-state index in [1.54, 1.807) is 20.8 Å². The summed E-state index contributed by atoms with van der Waals surface area (Å²) in [5.41, 5.74) is -0.696. The summed E-state index contributed by atoms with van der Waals surface area (Å²) in [6, 6.07) is -1.09. The summed E-state index contributed by atoms with van der Waals surface area (Å²) < 4.78 is 15.4. The molecular weight excluding hydrogens is 310 g/mol. The maximum atomic E-state index is 11.7. The van der Waals surface area contributed by atoms with Crippen LogP contribution in [0.5, 0.6) is 0 Å². The van der Waals surface area contributed by atoms with Gasteiger partial charge in [-0.2, -0.15) is 0 Å². The topological polar surface area (TPSA) is 135 Å². The summed E-state index contributed by atoms with van der Waals surface area (Å²) in [5.74, 6) is -1.13. The van der Waals surface area contributed by atoms with Crippen molar-refractivity contribution >= 4 is 11.9 Å². The van der Waals surface area contributed by atoms with E-state index in [1.165, 1.54) is 6.92 Å². The van der Waals surface area contributed by atoms with Crippen LogP contribution in [0.25, 0.3) is 0 Å². The summed E-state index contributed by atoms with van der Waals surface area (Å²) in [7, 11) is 0. The van der Waals surface area contributed by atoms with Gasteiger partial charge >= 0.3 is 5.97 Å². The second kappa shape index (κ2) is 8.02. The smallest absolute Gasteiger partial charge is 0.332 e. The van der Waals surface area contributed by atoms with Crippen LogP contribution in [0.15, 0.2) is 0 Å². The van der Waals surface area contributed by atoms with E-state index >= 15 is 0 Å². The lowest BCUT2D eigenvalue weighted by atomic mass is 9.96. The second-order valence-corrected chi connectivity index (χ2v) is 6.33. The van der Waals surface area contributed by atoms with Crippen molar-refractivity contribution in [1.29, 1.82) is 0 Å². The number of carbonyl (C=O) groups excluding carboxylic acids is 2. The molecule has 0 unspecified atom stereocenters. The SMILES string of the molecule is CC(=O)N[C@H]1[C@H](OCC(=O)OC(C)(C)C)[C@H](O)[C@H](CO)O[C@H]1O. The molecule has 9 heteroatoms. The van der Waals surface area contributed by atoms with Crippen molar-refractivity contribution in [2.45, 2.75) is 63.9 Å². The number of nitrogens with one attached hydrogen (secondary N) is 1. The zero-order valence-corrected chi connectivity index (χ0v) is 13.7. The van der Waals surface area contributed by atoms with Crippen LogP contribution in [0.1, 0.15) is 27.7 Å². The Balaban J connectivity index is 2.77. The molecule has 1 aliphatic heterocycles. The summed E-state index contributed by atoms with van der Waals surface area (Å²) in [6.45, 7) is 5.26. The minimum absolute atomic E-state index is 0.474. The van der Waals surface area contributed by atoms with Gasteiger partial charge < -0.3 is 34.8 Å². The molecule has 0 aromatic carbocycles. The Bertz CT molecular complexity index is 421. The number of aliphatic hydroxyl groups excluding tert-OH is 3. The van der Waals surface area contributed by atoms with Crippen molar-refractivity contribution < 1.29 is 39.1 Å². The first kappa shape index (κ1) is 19.8. The van der Waals surface area contributed by atoms with Gasteiger partial charge in [0.2, 0.25) is 5.91 Å². The Hall–Kier alpha value is -1.26. The number of rotatable bonds is 5. The molecule has 1 amide bonds. The lowest BCUT2D eigenvalue weighted by molar-refractivity contribution is -0.262. The predicted octanol–water partition coefficient (Wildman–Crippen LogP) is -1.71. The highest BCUT2D eigenvalue weighted by molar-refractivity contribution is 5.73. The average molecular weight is 335 g/mol. The number of hydrogen-bond acceptors (Lipinski definition) is 8. The van der Waals surface area contributed by atoms with Crippen LogP contribution in [0.3, 0.4) is 0 Å². The van der Waals surface area contributed by atoms with Crippen LogP contribution in [0, 0.1) is 0 Å². The van der Waals surface area contributed by atoms with Gasteiger partial charge in [-0.15, -0.1) is 0 Å². The molecule has 134 valence electrons. The van der Waals surface area contributed by atoms with Gasteiger partial charge in [-0.25, -0.2) is 4.79 Å². The van der Waals surface area contributed by atoms with Gasteiger partial charge in [-0.1, -0.05) is 0 Å². The summed E-state index contributed by atoms with van der Waals surface area (Å²) in [4.78, 5) is 22.9. The van der Waals surface area contributed by atoms with Crippen molar-refractivity contribution in [3.63, 3.8) is 0 Å². The summed E-state index contributed by atoms with van der Waals surface area (Å²) in [6.07, 6.45) is -5.09. The predicted molar refractivity (Wildman–Crippen MR) is 77.2 cm³/mol. The number of aliphatic hydroxyl groups is 3. The largest absolute Gasteiger partial charge is 0.458 e. The Morgan fingerprint density at radius 1 is 1.26 bits per heavy atom. The van der Waals surface area contributed by atoms with Crippen LogP contribution in [0.2, 0.25) is 0 Å². The minimum atomic E-state index is -1.50. The Kier molecular flexibility index (Phi) is 6.90. The van der Waals surface area contributed by atoms with Gasteiger partial charge in [0.1, 0.15) is 36.6 Å². The molecule has 0 saturated carbocycles. The van der Waals surface area contributed by atoms with E-state index in [0.29, 0.717) is 0 Å². The molecule has 0 aromatic heterocycles. The fourth-order valence-electron chi connectivity index (χ4n) is 2.21. The lowest BCUT2D eigenvalue weighted by Crippen LogP contribution is -2.65. The van der Waals surface area contributed by atoms with E-state index in [-0.39, 0.29) is 0 Å². The molecule has 9 nitrogen and oxygen atoms in total. The molecule has 5 atom stereocenters. The normalized spacial score (nSPS) is 31.5. The lowest BCUT2D eigenvalue weighted by Gasteiger charge is -2.42. The molecule has 1 fully saturated rings. The first-order chi connectivity index (χ1) is 10.5. The average Bonchev–Trinajstić information content (AvgIpc) is 2.39. The van der Waals surface area contributed by atoms with Crippen LogP contribution >= 0.6 is 0 Å². The molecule has 0 spiro atoms. The van der Waals surface area contributed by atoms with E-state index < -0.39 is 61.3 Å². The zero-order valence-electron chi connectivity index (χ0n) is 13.7. The molecule has 0 radical (unpaired) electrons. The van der Waals surface area contributed by atoms with Gasteiger partial charge in [-0.05, 0) is 20.8 Å². The van der Waals surface area contributed by atoms with Gasteiger partial charge in [0.05, 0.1) is 6.61 Å². The van der Waals surface area contributed by atoms with Crippen LogP contribution in [0.4, 0.5) is 0 Å². The van der Waals surface area contributed by atoms with Crippen LogP contribution < -0.4 is 5.32 Å². The standard InChI is InChI=1S/C14H25NO8/c1-7(17)15-10-12(11(19)8(5-16)22-13(10)20)21-6-9(18)23-14(2,3)4/h8,10-13,16,19-20H,5-6H2,1-4H3,(H,15,17)/t8-,10-,11+,12-,13+/m0/s1. The molecule has 1 heterocycles. The highest BCUT2D eigenvalue weighted by Crippen LogP contribution is 2.22. The van der Waals surface area contributed by atoms with Crippen molar-refractivity contribution in [1.82, 2.24) is 5.32 Å². The highest BCUT2D eigenvalue weighted by Gasteiger charge is 2.46. The number of hydrogen-bond donors (Lipinski definition) is 4. The number of ether oxygens (including phenoxy) is 3. The van der Waals surface area contributed by atoms with Crippen molar-refractivity contribution in [2.75, 3.05) is 13.2 Å². The van der Waals surface area contributed by atoms with Crippen LogP contribution in [-0.2, 0) is 23.8 Å². The molecule has 23 heavy (non-hydrogen) atoms. The fourth-order valence-corrected chi connectivity index (χ4v) is 2.21. The summed E-state index contributed by atoms with van der Waals surface area (Å²) in [5, 5.41) is 31.6. The maximum Gasteiger partial charge on any atom is 0.332 e. The molecule has 0 aliphatic carbocycles. The second-order valence-electron chi connectivity index (χ2n) is 6.33. The van der Waals surface area contributed by atoms with E-state index in [0.717, 1.165) is 0 Å². The van der Waals surface area contributed by atoms with Crippen LogP contribution in [-0.4, -0.2) is 76.7 Å². The monoisotopic (exact) mass is 335 g/mol. The Morgan fingerprint density at radius 3 is 2.35 bits per heavy atom. The summed E-state index contributed by atoms with van der Waals surface area (Å²) >= 11 is 0. The molecule has 1 aliphatic rings. The third-order valence-electron chi connectivity index (χ3n) is 3.06. The number of amides is 1. The number of esters is 1. The maximum absolute atomic E-state index is 11.7. The van der Waals surface area contributed by atoms with Gasteiger partial charge in [0.15, 0.2) is 6.29 Å². The third kappa shape index (κ3) is 6.04. The first-order valence-electron chi connectivity index (χ1n) is 7.28. The van der Waals surface area contributed by atoms with Gasteiger partial charge in [0.25, 0.3) is 0 Å². The zero-order chi connectivity index (χ0) is 17.8. The Morgan fingerprint density at radius 2 is 1.87 bits per heavy atom. The minimum Gasteiger partial charge on any atom is -0.458 e. The molecular formula is C14H25NO8. The van der Waals surface area contributed by atoms with Crippen molar-refractivity contribution in [3.8, 4) is 0 Å². The van der Waals surface area contributed by atoms with E-state index in [1.807, 2.05) is 0 Å². The molecule has 4 N–H and O–H groups in total. The quantitative estimate of drug-likeness (QED) is 0.436. The molecule has 0 bridgehead atoms. The fraction of sp³-hybridized carbons (Fsp3) is 0.857. The van der Waals surface area contributed by atoms with Gasteiger partial charge in [0, 0.05) is 6.92 Å². The highest BCUT2D eigenvalue weighted by atomic mass is 16.6. The molecule has 1 rings (SSSR count). The van der Waals surface area contributed by atoms with Gasteiger partial charge in [-0.3, -0.25) is 4.79 Å². The van der Waals surface area contributed by atoms with Crippen molar-refractivity contribution in [2.24, 2.45) is 0 Å². The molecule has 0 aromatic rings. The van der Waals surface area contributed by atoms with E-state index in [2.05, 4.69) is 5.32 Å². The van der Waals surface area contributed by atoms with E-state index in [9.17, 15) is 19.8 Å². The van der Waals surface area contributed by atoms with E-state index in [4.69, 9.17) is 19.3 Å². The van der Waals surface area contributed by atoms with Crippen molar-refractivity contribution in [3.05, 3.63) is 0 Å². The Labute approximate surface area is 134 Å². The third-order valence-corrected chi connectivity index (χ3v) is 3.06. The first-order valence-corrected chi connectivity index (χ1v) is 7.28.